The van der Waals surface area contributed by atoms with Gasteiger partial charge in [-0.15, -0.1) is 0 Å². The maximum Gasteiger partial charge on any atom is 0.160 e. The van der Waals surface area contributed by atoms with Crippen LogP contribution in [-0.4, -0.2) is 21.9 Å². The highest BCUT2D eigenvalue weighted by atomic mass is 16.5. The smallest absolute Gasteiger partial charge is 0.160 e. The minimum Gasteiger partial charge on any atom is -0.493 e. The van der Waals surface area contributed by atoms with Crippen LogP contribution in [0.3, 0.4) is 0 Å². The van der Waals surface area contributed by atoms with Crippen LogP contribution in [-0.2, 0) is 0 Å². The average molecular weight is 280 g/mol. The van der Waals surface area contributed by atoms with Crippen molar-refractivity contribution in [2.24, 2.45) is 0 Å². The highest BCUT2D eigenvalue weighted by Crippen LogP contribution is 2.28. The van der Waals surface area contributed by atoms with E-state index in [4.69, 9.17) is 4.74 Å². The fourth-order valence-electron chi connectivity index (χ4n) is 2.11. The number of rotatable bonds is 4. The van der Waals surface area contributed by atoms with Gasteiger partial charge in [-0.05, 0) is 37.3 Å². The summed E-state index contributed by atoms with van der Waals surface area (Å²) >= 11 is 0. The lowest BCUT2D eigenvalue weighted by Crippen LogP contribution is -1.99. The molecule has 3 rings (SSSR count). The molecule has 0 saturated heterocycles. The lowest BCUT2D eigenvalue weighted by Gasteiger charge is -2.12. The lowest BCUT2D eigenvalue weighted by atomic mass is 10.2. The Morgan fingerprint density at radius 3 is 2.86 bits per heavy atom. The second-order valence-corrected chi connectivity index (χ2v) is 4.65. The van der Waals surface area contributed by atoms with Crippen LogP contribution in [0.4, 0.5) is 11.4 Å². The standard InChI is InChI=1S/C16H16N4O/c1-12-9-15(16(21-2)11-17-12)19-13-5-3-6-14(10-13)20-8-4-7-18-20/h3-11H,1-2H3,(H,17,19). The number of pyridine rings is 1. The van der Waals surface area contributed by atoms with Crippen LogP contribution < -0.4 is 10.1 Å². The van der Waals surface area contributed by atoms with Crippen LogP contribution in [0.1, 0.15) is 5.69 Å². The van der Waals surface area contributed by atoms with Crippen molar-refractivity contribution in [2.75, 3.05) is 12.4 Å². The number of hydrogen-bond acceptors (Lipinski definition) is 4. The van der Waals surface area contributed by atoms with Crippen molar-refractivity contribution in [3.8, 4) is 11.4 Å². The Bertz CT molecular complexity index is 738. The summed E-state index contributed by atoms with van der Waals surface area (Å²) in [4.78, 5) is 4.23. The van der Waals surface area contributed by atoms with Gasteiger partial charge in [0.25, 0.3) is 0 Å². The first kappa shape index (κ1) is 13.2. The molecule has 2 aromatic heterocycles. The Kier molecular flexibility index (Phi) is 3.55. The first-order chi connectivity index (χ1) is 10.3. The maximum atomic E-state index is 5.33. The van der Waals surface area contributed by atoms with Crippen molar-refractivity contribution < 1.29 is 4.74 Å². The van der Waals surface area contributed by atoms with Gasteiger partial charge in [0.15, 0.2) is 5.75 Å². The minimum atomic E-state index is 0.713. The van der Waals surface area contributed by atoms with Crippen molar-refractivity contribution in [1.29, 1.82) is 0 Å². The first-order valence-corrected chi connectivity index (χ1v) is 6.64. The monoisotopic (exact) mass is 280 g/mol. The van der Waals surface area contributed by atoms with Crippen molar-refractivity contribution in [3.05, 3.63) is 60.7 Å². The zero-order chi connectivity index (χ0) is 14.7. The summed E-state index contributed by atoms with van der Waals surface area (Å²) in [6.45, 7) is 1.95. The van der Waals surface area contributed by atoms with E-state index in [2.05, 4.69) is 15.4 Å². The van der Waals surface area contributed by atoms with Crippen molar-refractivity contribution in [1.82, 2.24) is 14.8 Å². The summed E-state index contributed by atoms with van der Waals surface area (Å²) in [5, 5.41) is 7.60. The molecule has 0 aliphatic rings. The number of ether oxygens (including phenoxy) is 1. The minimum absolute atomic E-state index is 0.713. The first-order valence-electron chi connectivity index (χ1n) is 6.64. The summed E-state index contributed by atoms with van der Waals surface area (Å²) < 4.78 is 7.15. The van der Waals surface area contributed by atoms with Crippen molar-refractivity contribution >= 4 is 11.4 Å². The Labute approximate surface area is 123 Å². The quantitative estimate of drug-likeness (QED) is 0.796. The lowest BCUT2D eigenvalue weighted by molar-refractivity contribution is 0.415. The molecule has 21 heavy (non-hydrogen) atoms. The van der Waals surface area contributed by atoms with Gasteiger partial charge in [0, 0.05) is 23.8 Å². The van der Waals surface area contributed by atoms with Gasteiger partial charge in [0.05, 0.1) is 24.7 Å². The van der Waals surface area contributed by atoms with Gasteiger partial charge in [-0.1, -0.05) is 6.07 Å². The van der Waals surface area contributed by atoms with Crippen LogP contribution in [0.15, 0.2) is 55.0 Å². The van der Waals surface area contributed by atoms with Gasteiger partial charge in [0.1, 0.15) is 0 Å². The molecule has 5 heteroatoms. The van der Waals surface area contributed by atoms with E-state index in [-0.39, 0.29) is 0 Å². The molecule has 106 valence electrons. The van der Waals surface area contributed by atoms with Gasteiger partial charge >= 0.3 is 0 Å². The number of aryl methyl sites for hydroxylation is 1. The van der Waals surface area contributed by atoms with Gasteiger partial charge < -0.3 is 10.1 Å². The SMILES string of the molecule is COc1cnc(C)cc1Nc1cccc(-n2cccn2)c1. The molecule has 0 saturated carbocycles. The predicted molar refractivity (Wildman–Crippen MR) is 82.4 cm³/mol. The predicted octanol–water partition coefficient (Wildman–Crippen LogP) is 3.33. The van der Waals surface area contributed by atoms with Crippen LogP contribution in [0, 0.1) is 6.92 Å². The van der Waals surface area contributed by atoms with Gasteiger partial charge in [-0.2, -0.15) is 5.10 Å². The number of methoxy groups -OCH3 is 1. The highest BCUT2D eigenvalue weighted by molar-refractivity contribution is 5.67. The molecule has 5 nitrogen and oxygen atoms in total. The van der Waals surface area contributed by atoms with Gasteiger partial charge in [0.2, 0.25) is 0 Å². The average Bonchev–Trinajstić information content (AvgIpc) is 3.02. The van der Waals surface area contributed by atoms with Crippen LogP contribution in [0.5, 0.6) is 5.75 Å². The third-order valence-electron chi connectivity index (χ3n) is 3.12. The summed E-state index contributed by atoms with van der Waals surface area (Å²) in [5.41, 5.74) is 3.78. The molecule has 0 aliphatic heterocycles. The molecule has 0 fully saturated rings. The molecule has 0 spiro atoms. The molecule has 0 atom stereocenters. The third-order valence-corrected chi connectivity index (χ3v) is 3.12. The molecule has 2 heterocycles. The number of anilines is 2. The summed E-state index contributed by atoms with van der Waals surface area (Å²) in [6.07, 6.45) is 5.39. The molecular formula is C16H16N4O. The summed E-state index contributed by atoms with van der Waals surface area (Å²) in [6, 6.07) is 11.9. The van der Waals surface area contributed by atoms with E-state index in [1.807, 2.05) is 54.2 Å². The molecule has 1 N–H and O–H groups in total. The molecule has 0 amide bonds. The Balaban J connectivity index is 1.92. The van der Waals surface area contributed by atoms with E-state index >= 15 is 0 Å². The maximum absolute atomic E-state index is 5.33. The Morgan fingerprint density at radius 2 is 2.10 bits per heavy atom. The van der Waals surface area contributed by atoms with E-state index in [1.54, 1.807) is 19.5 Å². The third kappa shape index (κ3) is 2.86. The molecule has 3 aromatic rings. The Morgan fingerprint density at radius 1 is 1.19 bits per heavy atom. The van der Waals surface area contributed by atoms with Crippen LogP contribution in [0.2, 0.25) is 0 Å². The zero-order valence-electron chi connectivity index (χ0n) is 11.9. The van der Waals surface area contributed by atoms with Crippen molar-refractivity contribution in [3.63, 3.8) is 0 Å². The number of nitrogens with one attached hydrogen (secondary N) is 1. The molecule has 0 radical (unpaired) electrons. The number of benzene rings is 1. The van der Waals surface area contributed by atoms with Gasteiger partial charge in [-0.3, -0.25) is 4.98 Å². The molecule has 0 aliphatic carbocycles. The van der Waals surface area contributed by atoms with Crippen molar-refractivity contribution in [2.45, 2.75) is 6.92 Å². The van der Waals surface area contributed by atoms with E-state index in [0.717, 1.165) is 22.8 Å². The van der Waals surface area contributed by atoms with Crippen LogP contribution in [0.25, 0.3) is 5.69 Å². The fraction of sp³-hybridized carbons (Fsp3) is 0.125. The molecular weight excluding hydrogens is 264 g/mol. The van der Waals surface area contributed by atoms with Crippen LogP contribution >= 0.6 is 0 Å². The normalized spacial score (nSPS) is 10.4. The summed E-state index contributed by atoms with van der Waals surface area (Å²) in [7, 11) is 1.64. The fourth-order valence-corrected chi connectivity index (χ4v) is 2.11. The largest absolute Gasteiger partial charge is 0.493 e. The van der Waals surface area contributed by atoms with E-state index in [0.29, 0.717) is 5.75 Å². The number of nitrogens with zero attached hydrogens (tertiary/aromatic N) is 3. The highest BCUT2D eigenvalue weighted by Gasteiger charge is 2.05. The Hall–Kier alpha value is -2.82. The van der Waals surface area contributed by atoms with E-state index < -0.39 is 0 Å². The van der Waals surface area contributed by atoms with Gasteiger partial charge in [-0.25, -0.2) is 4.68 Å². The number of hydrogen-bond donors (Lipinski definition) is 1. The zero-order valence-corrected chi connectivity index (χ0v) is 11.9. The molecule has 0 unspecified atom stereocenters. The van der Waals surface area contributed by atoms with E-state index in [9.17, 15) is 0 Å². The number of aromatic nitrogens is 3. The topological polar surface area (TPSA) is 52.0 Å². The summed E-state index contributed by atoms with van der Waals surface area (Å²) in [5.74, 6) is 0.713. The molecule has 1 aromatic carbocycles. The second-order valence-electron chi connectivity index (χ2n) is 4.65. The molecule has 0 bridgehead atoms. The van der Waals surface area contributed by atoms with E-state index in [1.165, 1.54) is 0 Å². The second kappa shape index (κ2) is 5.66.